The van der Waals surface area contributed by atoms with Crippen molar-refractivity contribution >= 4 is 21.4 Å². The van der Waals surface area contributed by atoms with Crippen molar-refractivity contribution in [1.29, 1.82) is 0 Å². The highest BCUT2D eigenvalue weighted by Crippen LogP contribution is 2.27. The summed E-state index contributed by atoms with van der Waals surface area (Å²) in [5.41, 5.74) is 0. The van der Waals surface area contributed by atoms with Crippen LogP contribution in [0.1, 0.15) is 17.7 Å². The van der Waals surface area contributed by atoms with Crippen molar-refractivity contribution < 1.29 is 8.42 Å². The molecule has 1 fully saturated rings. The average Bonchev–Trinajstić information content (AvgIpc) is 2.88. The minimum atomic E-state index is -3.30. The number of sulfonamides is 1. The van der Waals surface area contributed by atoms with Crippen LogP contribution < -0.4 is 5.32 Å². The van der Waals surface area contributed by atoms with Gasteiger partial charge in [-0.3, -0.25) is 0 Å². The molecule has 5 nitrogen and oxygen atoms in total. The maximum atomic E-state index is 12.6. The van der Waals surface area contributed by atoms with E-state index < -0.39 is 10.0 Å². The van der Waals surface area contributed by atoms with Gasteiger partial charge in [0.1, 0.15) is 4.21 Å². The highest BCUT2D eigenvalue weighted by molar-refractivity contribution is 7.91. The molecular formula is C13H23N3O2S2. The number of nitrogens with one attached hydrogen (secondary N) is 1. The van der Waals surface area contributed by atoms with Gasteiger partial charge in [-0.05, 0) is 46.1 Å². The zero-order chi connectivity index (χ0) is 14.8. The smallest absolute Gasteiger partial charge is 0.252 e. The maximum Gasteiger partial charge on any atom is 0.252 e. The minimum absolute atomic E-state index is 0.464. The Morgan fingerprint density at radius 2 is 2.00 bits per heavy atom. The van der Waals surface area contributed by atoms with E-state index in [4.69, 9.17) is 0 Å². The van der Waals surface area contributed by atoms with Crippen LogP contribution in [0.25, 0.3) is 0 Å². The summed E-state index contributed by atoms with van der Waals surface area (Å²) in [6.07, 6.45) is 1.81. The average molecular weight is 317 g/mol. The molecule has 0 bridgehead atoms. The quantitative estimate of drug-likeness (QED) is 0.886. The molecule has 0 aromatic carbocycles. The molecule has 7 heteroatoms. The molecule has 1 aliphatic heterocycles. The molecule has 2 rings (SSSR count). The van der Waals surface area contributed by atoms with Crippen molar-refractivity contribution in [1.82, 2.24) is 14.5 Å². The van der Waals surface area contributed by atoms with Crippen molar-refractivity contribution in [3.63, 3.8) is 0 Å². The van der Waals surface area contributed by atoms with Crippen molar-refractivity contribution in [2.24, 2.45) is 0 Å². The second-order valence-corrected chi connectivity index (χ2v) is 8.68. The van der Waals surface area contributed by atoms with Crippen LogP contribution in [-0.4, -0.2) is 57.9 Å². The summed E-state index contributed by atoms with van der Waals surface area (Å²) >= 11 is 1.36. The van der Waals surface area contributed by atoms with Crippen molar-refractivity contribution in [3.8, 4) is 0 Å². The first kappa shape index (κ1) is 15.9. The lowest BCUT2D eigenvalue weighted by atomic mass is 10.1. The van der Waals surface area contributed by atoms with Crippen LogP contribution in [0.2, 0.25) is 0 Å². The van der Waals surface area contributed by atoms with Crippen LogP contribution in [0.15, 0.2) is 16.3 Å². The summed E-state index contributed by atoms with van der Waals surface area (Å²) in [5, 5.41) is 3.04. The first-order chi connectivity index (χ1) is 9.45. The summed E-state index contributed by atoms with van der Waals surface area (Å²) in [7, 11) is 2.67. The first-order valence-electron chi connectivity index (χ1n) is 6.85. The van der Waals surface area contributed by atoms with Crippen molar-refractivity contribution in [2.75, 3.05) is 34.2 Å². The summed E-state index contributed by atoms with van der Waals surface area (Å²) < 4.78 is 27.3. The lowest BCUT2D eigenvalue weighted by Gasteiger charge is -2.34. The topological polar surface area (TPSA) is 52.7 Å². The molecule has 114 valence electrons. The van der Waals surface area contributed by atoms with Crippen LogP contribution in [0.4, 0.5) is 0 Å². The van der Waals surface area contributed by atoms with E-state index in [1.807, 2.05) is 13.1 Å². The van der Waals surface area contributed by atoms with Crippen molar-refractivity contribution in [3.05, 3.63) is 17.0 Å². The Morgan fingerprint density at radius 1 is 1.35 bits per heavy atom. The van der Waals surface area contributed by atoms with Crippen LogP contribution in [0, 0.1) is 0 Å². The van der Waals surface area contributed by atoms with Crippen LogP contribution >= 0.6 is 11.3 Å². The molecule has 0 saturated carbocycles. The summed E-state index contributed by atoms with van der Waals surface area (Å²) in [6.45, 7) is 1.94. The van der Waals surface area contributed by atoms with Gasteiger partial charge in [-0.2, -0.15) is 4.31 Å². The molecule has 1 aromatic rings. The largest absolute Gasteiger partial charge is 0.315 e. The zero-order valence-corrected chi connectivity index (χ0v) is 13.9. The number of hydrogen-bond acceptors (Lipinski definition) is 5. The maximum absolute atomic E-state index is 12.6. The fourth-order valence-corrected chi connectivity index (χ4v) is 5.48. The molecular weight excluding hydrogens is 294 g/mol. The van der Waals surface area contributed by atoms with Gasteiger partial charge in [0, 0.05) is 30.6 Å². The fraction of sp³-hybridized carbons (Fsp3) is 0.692. The van der Waals surface area contributed by atoms with Crippen molar-refractivity contribution in [2.45, 2.75) is 29.6 Å². The lowest BCUT2D eigenvalue weighted by Crippen LogP contribution is -2.44. The van der Waals surface area contributed by atoms with Gasteiger partial charge in [-0.1, -0.05) is 0 Å². The molecule has 0 spiro atoms. The van der Waals surface area contributed by atoms with Gasteiger partial charge in [0.2, 0.25) is 0 Å². The predicted octanol–water partition coefficient (Wildman–Crippen LogP) is 1.18. The lowest BCUT2D eigenvalue weighted by molar-refractivity contribution is 0.197. The molecule has 2 heterocycles. The molecule has 0 amide bonds. The molecule has 0 unspecified atom stereocenters. The van der Waals surface area contributed by atoms with E-state index in [2.05, 4.69) is 24.3 Å². The monoisotopic (exact) mass is 317 g/mol. The van der Waals surface area contributed by atoms with E-state index in [1.165, 1.54) is 11.3 Å². The van der Waals surface area contributed by atoms with E-state index >= 15 is 0 Å². The SMILES string of the molecule is CNCc1ccc(S(=O)(=O)N2CCC(N(C)C)CC2)s1. The number of hydrogen-bond donors (Lipinski definition) is 1. The van der Waals surface area contributed by atoms with Gasteiger partial charge in [-0.25, -0.2) is 8.42 Å². The molecule has 1 saturated heterocycles. The third kappa shape index (κ3) is 3.40. The Kier molecular flexibility index (Phi) is 5.19. The Labute approximate surface area is 125 Å². The summed E-state index contributed by atoms with van der Waals surface area (Å²) in [4.78, 5) is 3.23. The second kappa shape index (κ2) is 6.53. The highest BCUT2D eigenvalue weighted by Gasteiger charge is 2.30. The summed E-state index contributed by atoms with van der Waals surface area (Å²) in [5.74, 6) is 0. The van der Waals surface area contributed by atoms with Crippen LogP contribution in [0.5, 0.6) is 0 Å². The molecule has 1 aliphatic rings. The Bertz CT molecular complexity index is 532. The third-order valence-corrected chi connectivity index (χ3v) is 7.19. The van der Waals surface area contributed by atoms with E-state index in [0.29, 0.717) is 29.9 Å². The molecule has 0 aliphatic carbocycles. The van der Waals surface area contributed by atoms with Gasteiger partial charge in [0.25, 0.3) is 10.0 Å². The number of rotatable bonds is 5. The Hall–Kier alpha value is -0.470. The predicted molar refractivity (Wildman–Crippen MR) is 82.6 cm³/mol. The third-order valence-electron chi connectivity index (χ3n) is 3.74. The number of thiophene rings is 1. The minimum Gasteiger partial charge on any atom is -0.315 e. The van der Waals surface area contributed by atoms with Gasteiger partial charge < -0.3 is 10.2 Å². The van der Waals surface area contributed by atoms with E-state index in [0.717, 1.165) is 17.7 Å². The van der Waals surface area contributed by atoms with Gasteiger partial charge in [0.15, 0.2) is 0 Å². The molecule has 20 heavy (non-hydrogen) atoms. The highest BCUT2D eigenvalue weighted by atomic mass is 32.2. The van der Waals surface area contributed by atoms with Crippen LogP contribution in [-0.2, 0) is 16.6 Å². The number of nitrogens with zero attached hydrogens (tertiary/aromatic N) is 2. The van der Waals surface area contributed by atoms with Gasteiger partial charge in [0.05, 0.1) is 0 Å². The summed E-state index contributed by atoms with van der Waals surface area (Å²) in [6, 6.07) is 4.11. The van der Waals surface area contributed by atoms with E-state index in [9.17, 15) is 8.42 Å². The molecule has 0 atom stereocenters. The Balaban J connectivity index is 2.07. The fourth-order valence-electron chi connectivity index (χ4n) is 2.49. The first-order valence-corrected chi connectivity index (χ1v) is 9.10. The molecule has 0 radical (unpaired) electrons. The Morgan fingerprint density at radius 3 is 2.55 bits per heavy atom. The zero-order valence-electron chi connectivity index (χ0n) is 12.3. The second-order valence-electron chi connectivity index (χ2n) is 5.35. The van der Waals surface area contributed by atoms with Crippen LogP contribution in [0.3, 0.4) is 0 Å². The standard InChI is InChI=1S/C13H23N3O2S2/c1-14-10-12-4-5-13(19-12)20(17,18)16-8-6-11(7-9-16)15(2)3/h4-5,11,14H,6-10H2,1-3H3. The van der Waals surface area contributed by atoms with Gasteiger partial charge in [-0.15, -0.1) is 11.3 Å². The normalized spacial score (nSPS) is 18.8. The van der Waals surface area contributed by atoms with E-state index in [1.54, 1.807) is 10.4 Å². The number of piperidine rings is 1. The molecule has 1 N–H and O–H groups in total. The van der Waals surface area contributed by atoms with Gasteiger partial charge >= 0.3 is 0 Å². The molecule has 1 aromatic heterocycles. The van der Waals surface area contributed by atoms with E-state index in [-0.39, 0.29) is 0 Å².